The number of carbonyl (C=O) groups is 1. The zero-order chi connectivity index (χ0) is 24.7. The summed E-state index contributed by atoms with van der Waals surface area (Å²) in [6, 6.07) is 9.83. The fourth-order valence-electron chi connectivity index (χ4n) is 3.44. The van der Waals surface area contributed by atoms with Crippen LogP contribution in [0.25, 0.3) is 10.2 Å². The van der Waals surface area contributed by atoms with Gasteiger partial charge in [0.15, 0.2) is 5.13 Å². The van der Waals surface area contributed by atoms with Gasteiger partial charge in [0, 0.05) is 19.2 Å². The molecule has 0 unspecified atom stereocenters. The lowest BCUT2D eigenvalue weighted by molar-refractivity contribution is 0.102. The minimum Gasteiger partial charge on any atom is -0.497 e. The number of nitrogens with zero attached hydrogens (tertiary/aromatic N) is 2. The Morgan fingerprint density at radius 3 is 2.35 bits per heavy atom. The van der Waals surface area contributed by atoms with Crippen molar-refractivity contribution in [3.63, 3.8) is 0 Å². The number of thiazole rings is 1. The second-order valence-electron chi connectivity index (χ2n) is 7.78. The van der Waals surface area contributed by atoms with Gasteiger partial charge in [0.2, 0.25) is 10.0 Å². The Morgan fingerprint density at radius 2 is 1.74 bits per heavy atom. The van der Waals surface area contributed by atoms with Gasteiger partial charge in [-0.3, -0.25) is 10.1 Å². The second kappa shape index (κ2) is 11.6. The third-order valence-corrected chi connectivity index (χ3v) is 8.22. The molecule has 3 aromatic rings. The molecule has 2 aromatic carbocycles. The van der Waals surface area contributed by atoms with Crippen LogP contribution >= 0.6 is 11.3 Å². The molecule has 1 aromatic heterocycles. The van der Waals surface area contributed by atoms with Gasteiger partial charge in [-0.25, -0.2) is 13.4 Å². The highest BCUT2D eigenvalue weighted by molar-refractivity contribution is 7.89. The van der Waals surface area contributed by atoms with Gasteiger partial charge in [-0.15, -0.1) is 0 Å². The summed E-state index contributed by atoms with van der Waals surface area (Å²) in [5.74, 6) is 0.580. The van der Waals surface area contributed by atoms with Crippen molar-refractivity contribution in [3.05, 3.63) is 42.0 Å². The van der Waals surface area contributed by atoms with Crippen LogP contribution in [0.2, 0.25) is 0 Å². The molecule has 34 heavy (non-hydrogen) atoms. The van der Waals surface area contributed by atoms with Crippen LogP contribution in [0.3, 0.4) is 0 Å². The van der Waals surface area contributed by atoms with Gasteiger partial charge in [-0.2, -0.15) is 4.31 Å². The maximum Gasteiger partial charge on any atom is 0.261 e. The molecule has 0 spiro atoms. The predicted molar refractivity (Wildman–Crippen MR) is 136 cm³/mol. The lowest BCUT2D eigenvalue weighted by atomic mass is 10.2. The van der Waals surface area contributed by atoms with Crippen molar-refractivity contribution >= 4 is 42.6 Å². The molecule has 0 atom stereocenters. The number of benzene rings is 2. The average molecular weight is 506 g/mol. The summed E-state index contributed by atoms with van der Waals surface area (Å²) in [4.78, 5) is 17.5. The van der Waals surface area contributed by atoms with Crippen molar-refractivity contribution in [3.8, 4) is 11.5 Å². The fourth-order valence-corrected chi connectivity index (χ4v) is 5.96. The predicted octanol–water partition coefficient (Wildman–Crippen LogP) is 5.16. The van der Waals surface area contributed by atoms with Crippen molar-refractivity contribution < 1.29 is 22.7 Å². The molecular weight excluding hydrogens is 474 g/mol. The molecule has 10 heteroatoms. The Morgan fingerprint density at radius 1 is 1.03 bits per heavy atom. The summed E-state index contributed by atoms with van der Waals surface area (Å²) >= 11 is 1.23. The first-order valence-electron chi connectivity index (χ1n) is 11.3. The third kappa shape index (κ3) is 5.86. The van der Waals surface area contributed by atoms with Gasteiger partial charge in [0.25, 0.3) is 5.91 Å². The van der Waals surface area contributed by atoms with E-state index in [1.54, 1.807) is 40.7 Å². The molecule has 0 fully saturated rings. The van der Waals surface area contributed by atoms with Crippen molar-refractivity contribution in [2.24, 2.45) is 0 Å². The Hall–Kier alpha value is -2.69. The first-order valence-corrected chi connectivity index (χ1v) is 13.5. The highest BCUT2D eigenvalue weighted by atomic mass is 32.2. The van der Waals surface area contributed by atoms with Crippen LogP contribution < -0.4 is 14.8 Å². The average Bonchev–Trinajstić information content (AvgIpc) is 3.24. The number of nitrogens with one attached hydrogen (secondary N) is 1. The van der Waals surface area contributed by atoms with Crippen LogP contribution in [0.1, 0.15) is 49.9 Å². The number of hydrogen-bond donors (Lipinski definition) is 1. The van der Waals surface area contributed by atoms with Crippen molar-refractivity contribution in [1.82, 2.24) is 9.29 Å². The number of hydrogen-bond acceptors (Lipinski definition) is 7. The molecule has 1 amide bonds. The van der Waals surface area contributed by atoms with Crippen LogP contribution in [-0.4, -0.2) is 50.9 Å². The Balaban J connectivity index is 1.85. The molecule has 0 saturated carbocycles. The molecule has 184 valence electrons. The van der Waals surface area contributed by atoms with Gasteiger partial charge < -0.3 is 9.47 Å². The minimum absolute atomic E-state index is 0.241. The number of amides is 1. The van der Waals surface area contributed by atoms with E-state index >= 15 is 0 Å². The smallest absolute Gasteiger partial charge is 0.261 e. The fraction of sp³-hybridized carbons (Fsp3) is 0.417. The Kier molecular flexibility index (Phi) is 8.87. The number of rotatable bonds is 12. The van der Waals surface area contributed by atoms with Gasteiger partial charge in [-0.1, -0.05) is 38.0 Å². The zero-order valence-electron chi connectivity index (χ0n) is 20.0. The molecule has 0 aliphatic carbocycles. The lowest BCUT2D eigenvalue weighted by Crippen LogP contribution is -2.33. The van der Waals surface area contributed by atoms with Crippen LogP contribution in [-0.2, 0) is 10.0 Å². The molecule has 0 aliphatic heterocycles. The van der Waals surface area contributed by atoms with E-state index in [9.17, 15) is 13.2 Å². The molecule has 0 radical (unpaired) electrons. The molecule has 3 rings (SSSR count). The Bertz CT molecular complexity index is 1230. The van der Waals surface area contributed by atoms with Gasteiger partial charge >= 0.3 is 0 Å². The van der Waals surface area contributed by atoms with E-state index in [1.807, 2.05) is 13.8 Å². The maximum absolute atomic E-state index is 13.3. The number of methoxy groups -OCH3 is 2. The number of ether oxygens (including phenoxy) is 2. The summed E-state index contributed by atoms with van der Waals surface area (Å²) < 4.78 is 39.3. The summed E-state index contributed by atoms with van der Waals surface area (Å²) in [6.45, 7) is 5.10. The summed E-state index contributed by atoms with van der Waals surface area (Å²) in [7, 11) is -0.593. The Labute approximate surface area is 205 Å². The maximum atomic E-state index is 13.3. The summed E-state index contributed by atoms with van der Waals surface area (Å²) in [5.41, 5.74) is 0.961. The minimum atomic E-state index is -3.61. The quantitative estimate of drug-likeness (QED) is 0.365. The SMILES string of the molecule is CCCCN(CCCC)S(=O)(=O)c1ccc2nc(NC(=O)c3ccc(OC)cc3OC)sc2c1. The van der Waals surface area contributed by atoms with E-state index in [2.05, 4.69) is 10.3 Å². The molecule has 1 heterocycles. The van der Waals surface area contributed by atoms with Crippen LogP contribution in [0.4, 0.5) is 5.13 Å². The van der Waals surface area contributed by atoms with Crippen molar-refractivity contribution in [2.75, 3.05) is 32.6 Å². The second-order valence-corrected chi connectivity index (χ2v) is 10.7. The first kappa shape index (κ1) is 25.9. The molecule has 0 bridgehead atoms. The van der Waals surface area contributed by atoms with E-state index in [4.69, 9.17) is 9.47 Å². The molecular formula is C24H31N3O5S2. The van der Waals surface area contributed by atoms with Crippen molar-refractivity contribution in [2.45, 2.75) is 44.4 Å². The highest BCUT2D eigenvalue weighted by Crippen LogP contribution is 2.31. The lowest BCUT2D eigenvalue weighted by Gasteiger charge is -2.21. The monoisotopic (exact) mass is 505 g/mol. The summed E-state index contributed by atoms with van der Waals surface area (Å²) in [5, 5.41) is 3.16. The van der Waals surface area contributed by atoms with Crippen LogP contribution in [0.15, 0.2) is 41.3 Å². The zero-order valence-corrected chi connectivity index (χ0v) is 21.6. The van der Waals surface area contributed by atoms with E-state index in [0.29, 0.717) is 45.5 Å². The number of aromatic nitrogens is 1. The molecule has 8 nitrogen and oxygen atoms in total. The largest absolute Gasteiger partial charge is 0.497 e. The first-order chi connectivity index (χ1) is 16.3. The number of fused-ring (bicyclic) bond motifs is 1. The van der Waals surface area contributed by atoms with E-state index in [-0.39, 0.29) is 10.8 Å². The molecule has 0 saturated heterocycles. The number of carbonyl (C=O) groups excluding carboxylic acids is 1. The van der Waals surface area contributed by atoms with Gasteiger partial charge in [0.1, 0.15) is 11.5 Å². The standard InChI is InChI=1S/C24H31N3O5S2/c1-5-7-13-27(14-8-6-2)34(29,30)18-10-12-20-22(16-18)33-24(25-20)26-23(28)19-11-9-17(31-3)15-21(19)32-4/h9-12,15-16H,5-8,13-14H2,1-4H3,(H,25,26,28). The van der Waals surface area contributed by atoms with Crippen LogP contribution in [0.5, 0.6) is 11.5 Å². The number of sulfonamides is 1. The molecule has 1 N–H and O–H groups in total. The number of unbranched alkanes of at least 4 members (excludes halogenated alkanes) is 2. The topological polar surface area (TPSA) is 97.8 Å². The summed E-state index contributed by atoms with van der Waals surface area (Å²) in [6.07, 6.45) is 3.48. The van der Waals surface area contributed by atoms with E-state index in [0.717, 1.165) is 25.7 Å². The number of anilines is 1. The highest BCUT2D eigenvalue weighted by Gasteiger charge is 2.24. The van der Waals surface area contributed by atoms with E-state index < -0.39 is 10.0 Å². The van der Waals surface area contributed by atoms with Crippen molar-refractivity contribution in [1.29, 1.82) is 0 Å². The normalized spacial score (nSPS) is 11.7. The van der Waals surface area contributed by atoms with Crippen LogP contribution in [0, 0.1) is 0 Å². The van der Waals surface area contributed by atoms with Gasteiger partial charge in [-0.05, 0) is 43.2 Å². The third-order valence-electron chi connectivity index (χ3n) is 5.39. The molecule has 0 aliphatic rings. The van der Waals surface area contributed by atoms with Gasteiger partial charge in [0.05, 0.1) is 34.9 Å². The van der Waals surface area contributed by atoms with E-state index in [1.165, 1.54) is 25.6 Å².